The molecule has 0 amide bonds. The fourth-order valence-electron chi connectivity index (χ4n) is 1.66. The summed E-state index contributed by atoms with van der Waals surface area (Å²) in [6.45, 7) is 3.31. The smallest absolute Gasteiger partial charge is 0.390 e. The number of aromatic nitrogens is 3. The summed E-state index contributed by atoms with van der Waals surface area (Å²) in [5.74, 6) is -1.43. The van der Waals surface area contributed by atoms with Crippen molar-refractivity contribution in [3.8, 4) is 0 Å². The molecule has 2 aromatic heterocycles. The van der Waals surface area contributed by atoms with Gasteiger partial charge in [-0.2, -0.15) is 0 Å². The van der Waals surface area contributed by atoms with Crippen LogP contribution in [0.15, 0.2) is 6.07 Å². The molecular weight excluding hydrogens is 242 g/mol. The van der Waals surface area contributed by atoms with Gasteiger partial charge in [-0.3, -0.25) is 0 Å². The van der Waals surface area contributed by atoms with Gasteiger partial charge < -0.3 is 20.2 Å². The monoisotopic (exact) mass is 249 g/mol. The second-order valence-electron chi connectivity index (χ2n) is 3.64. The van der Waals surface area contributed by atoms with Crippen LogP contribution in [-0.4, -0.2) is 24.8 Å². The van der Waals surface area contributed by atoms with Crippen molar-refractivity contribution in [3.63, 3.8) is 0 Å². The van der Waals surface area contributed by atoms with Gasteiger partial charge in [0.05, 0.1) is 0 Å². The van der Waals surface area contributed by atoms with Crippen molar-refractivity contribution in [2.24, 2.45) is 0 Å². The third-order valence-electron chi connectivity index (χ3n) is 2.30. The summed E-state index contributed by atoms with van der Waals surface area (Å²) in [6, 6.07) is 1.63. The first-order valence-electron chi connectivity index (χ1n) is 4.85. The zero-order chi connectivity index (χ0) is 13.4. The van der Waals surface area contributed by atoms with Crippen LogP contribution in [0.5, 0.6) is 0 Å². The van der Waals surface area contributed by atoms with Crippen LogP contribution in [0.3, 0.4) is 0 Å². The van der Waals surface area contributed by atoms with Gasteiger partial charge in [-0.15, -0.1) is 0 Å². The Hall–Kier alpha value is -2.71. The van der Waals surface area contributed by atoms with Crippen molar-refractivity contribution >= 4 is 22.8 Å². The summed E-state index contributed by atoms with van der Waals surface area (Å²) < 4.78 is 0. The molecule has 0 radical (unpaired) electrons. The van der Waals surface area contributed by atoms with Crippen LogP contribution < -0.4 is 0 Å². The molecule has 0 aromatic carbocycles. The minimum Gasteiger partial charge on any atom is -0.390 e. The zero-order valence-corrected chi connectivity index (χ0v) is 9.45. The summed E-state index contributed by atoms with van der Waals surface area (Å²) in [7, 11) is 0. The lowest BCUT2D eigenvalue weighted by atomic mass is 10.1. The average molecular weight is 249 g/mol. The molecule has 92 valence electrons. The molecule has 0 spiro atoms. The van der Waals surface area contributed by atoms with E-state index in [1.807, 2.05) is 0 Å². The van der Waals surface area contributed by atoms with Crippen LogP contribution in [0.2, 0.25) is 0 Å². The van der Waals surface area contributed by atoms with Gasteiger partial charge in [0, 0.05) is 5.69 Å². The summed E-state index contributed by atoms with van der Waals surface area (Å²) >= 11 is 0. The Morgan fingerprint density at radius 3 is 2.28 bits per heavy atom. The highest BCUT2D eigenvalue weighted by Crippen LogP contribution is 2.26. The molecule has 2 rings (SSSR count). The Bertz CT molecular complexity index is 684. The van der Waals surface area contributed by atoms with Gasteiger partial charge in [-0.05, 0) is 45.3 Å². The predicted molar refractivity (Wildman–Crippen MR) is 60.1 cm³/mol. The normalized spacial score (nSPS) is 10.6. The van der Waals surface area contributed by atoms with E-state index in [2.05, 4.69) is 15.0 Å². The highest BCUT2D eigenvalue weighted by molar-refractivity contribution is 5.87. The molecule has 9 nitrogen and oxygen atoms in total. The maximum atomic E-state index is 10.9. The first kappa shape index (κ1) is 11.8. The molecule has 0 unspecified atom stereocenters. The molecule has 0 atom stereocenters. The summed E-state index contributed by atoms with van der Waals surface area (Å²) in [5.41, 5.74) is 1.09. The van der Waals surface area contributed by atoms with Gasteiger partial charge in [0.2, 0.25) is 5.65 Å². The van der Waals surface area contributed by atoms with Gasteiger partial charge in [0.15, 0.2) is 0 Å². The van der Waals surface area contributed by atoms with Gasteiger partial charge in [0.25, 0.3) is 0 Å². The van der Waals surface area contributed by atoms with E-state index in [4.69, 9.17) is 0 Å². The van der Waals surface area contributed by atoms with Gasteiger partial charge >= 0.3 is 11.8 Å². The Labute approximate surface area is 99.8 Å². The van der Waals surface area contributed by atoms with Crippen LogP contribution in [0, 0.1) is 34.1 Å². The van der Waals surface area contributed by atoms with Crippen molar-refractivity contribution in [2.75, 3.05) is 0 Å². The molecule has 0 saturated heterocycles. The lowest BCUT2D eigenvalue weighted by Gasteiger charge is -2.03. The molecule has 0 aliphatic rings. The van der Waals surface area contributed by atoms with E-state index in [0.717, 1.165) is 0 Å². The third-order valence-corrected chi connectivity index (χ3v) is 2.30. The fraction of sp³-hybridized carbons (Fsp3) is 0.222. The first-order chi connectivity index (χ1) is 8.40. The van der Waals surface area contributed by atoms with Crippen molar-refractivity contribution in [1.82, 2.24) is 15.0 Å². The van der Waals surface area contributed by atoms with Crippen molar-refractivity contribution < 1.29 is 9.85 Å². The molecule has 0 aliphatic heterocycles. The number of fused-ring (bicyclic) bond motifs is 1. The Balaban J connectivity index is 2.94. The van der Waals surface area contributed by atoms with Crippen LogP contribution in [-0.2, 0) is 0 Å². The molecule has 2 aromatic rings. The van der Waals surface area contributed by atoms with E-state index in [0.29, 0.717) is 11.3 Å². The van der Waals surface area contributed by atoms with E-state index < -0.39 is 21.6 Å². The minimum absolute atomic E-state index is 0.0408. The largest absolute Gasteiger partial charge is 0.475 e. The molecule has 2 heterocycles. The molecule has 9 heteroatoms. The standard InChI is InChI=1S/C9H7N5O4/c1-4-3-5(2)10-7-6(4)8(13(15)16)12-9(11-7)14(17)18/h3H,1-2H3. The van der Waals surface area contributed by atoms with E-state index in [1.54, 1.807) is 19.9 Å². The van der Waals surface area contributed by atoms with E-state index in [1.165, 1.54) is 0 Å². The number of hydrogen-bond acceptors (Lipinski definition) is 7. The lowest BCUT2D eigenvalue weighted by molar-refractivity contribution is -0.405. The number of nitro groups is 2. The minimum atomic E-state index is -0.883. The number of nitrogens with zero attached hydrogens (tertiary/aromatic N) is 5. The van der Waals surface area contributed by atoms with Gasteiger partial charge in [-0.1, -0.05) is 0 Å². The number of pyridine rings is 1. The van der Waals surface area contributed by atoms with Gasteiger partial charge in [-0.25, -0.2) is 4.98 Å². The molecule has 0 bridgehead atoms. The second-order valence-corrected chi connectivity index (χ2v) is 3.64. The molecular formula is C9H7N5O4. The quantitative estimate of drug-likeness (QED) is 0.582. The Morgan fingerprint density at radius 1 is 1.06 bits per heavy atom. The molecule has 0 N–H and O–H groups in total. The SMILES string of the molecule is Cc1cc(C)c2c([N+](=O)[O-])nc([N+](=O)[O-])nc2n1. The van der Waals surface area contributed by atoms with E-state index in [9.17, 15) is 20.2 Å². The van der Waals surface area contributed by atoms with Crippen LogP contribution in [0.1, 0.15) is 11.3 Å². The zero-order valence-electron chi connectivity index (χ0n) is 9.45. The predicted octanol–water partition coefficient (Wildman–Crippen LogP) is 1.46. The van der Waals surface area contributed by atoms with Crippen LogP contribution in [0.4, 0.5) is 11.8 Å². The van der Waals surface area contributed by atoms with Crippen LogP contribution in [0.25, 0.3) is 11.0 Å². The molecule has 0 fully saturated rings. The summed E-state index contributed by atoms with van der Waals surface area (Å²) in [5, 5.41) is 21.6. The summed E-state index contributed by atoms with van der Waals surface area (Å²) in [4.78, 5) is 30.8. The molecule has 0 saturated carbocycles. The van der Waals surface area contributed by atoms with Crippen molar-refractivity contribution in [3.05, 3.63) is 37.6 Å². The van der Waals surface area contributed by atoms with Crippen molar-refractivity contribution in [2.45, 2.75) is 13.8 Å². The van der Waals surface area contributed by atoms with Crippen molar-refractivity contribution in [1.29, 1.82) is 0 Å². The maximum Gasteiger partial charge on any atom is 0.475 e. The lowest BCUT2D eigenvalue weighted by Crippen LogP contribution is -2.04. The van der Waals surface area contributed by atoms with E-state index >= 15 is 0 Å². The van der Waals surface area contributed by atoms with E-state index in [-0.39, 0.29) is 11.0 Å². The van der Waals surface area contributed by atoms with Gasteiger partial charge in [0.1, 0.15) is 5.39 Å². The second kappa shape index (κ2) is 3.95. The number of rotatable bonds is 2. The Kier molecular flexibility index (Phi) is 2.58. The third kappa shape index (κ3) is 1.81. The Morgan fingerprint density at radius 2 is 1.72 bits per heavy atom. The number of hydrogen-bond donors (Lipinski definition) is 0. The summed E-state index contributed by atoms with van der Waals surface area (Å²) in [6.07, 6.45) is 0. The topological polar surface area (TPSA) is 125 Å². The number of aryl methyl sites for hydroxylation is 2. The maximum absolute atomic E-state index is 10.9. The molecule has 18 heavy (non-hydrogen) atoms. The first-order valence-corrected chi connectivity index (χ1v) is 4.85. The highest BCUT2D eigenvalue weighted by Gasteiger charge is 2.24. The highest BCUT2D eigenvalue weighted by atomic mass is 16.6. The fourth-order valence-corrected chi connectivity index (χ4v) is 1.66. The van der Waals surface area contributed by atoms with Crippen LogP contribution >= 0.6 is 0 Å². The molecule has 0 aliphatic carbocycles. The average Bonchev–Trinajstić information content (AvgIpc) is 2.26.